The third-order valence-electron chi connectivity index (χ3n) is 2.06. The van der Waals surface area contributed by atoms with Crippen molar-refractivity contribution in [1.82, 2.24) is 4.98 Å². The molecule has 0 radical (unpaired) electrons. The van der Waals surface area contributed by atoms with E-state index in [-0.39, 0.29) is 5.82 Å². The molecule has 1 aromatic carbocycles. The lowest BCUT2D eigenvalue weighted by Crippen LogP contribution is -1.82. The maximum Gasteiger partial charge on any atom is 0.133 e. The van der Waals surface area contributed by atoms with Crippen molar-refractivity contribution in [2.45, 2.75) is 13.3 Å². The van der Waals surface area contributed by atoms with Crippen molar-refractivity contribution < 1.29 is 4.39 Å². The smallest absolute Gasteiger partial charge is 0.133 e. The first-order valence-electron chi connectivity index (χ1n) is 4.61. The van der Waals surface area contributed by atoms with Crippen molar-refractivity contribution in [3.05, 3.63) is 39.6 Å². The molecule has 2 rings (SSSR count). The molecule has 0 aliphatic heterocycles. The van der Waals surface area contributed by atoms with E-state index in [2.05, 4.69) is 27.8 Å². The Morgan fingerprint density at radius 2 is 2.27 bits per heavy atom. The molecule has 0 spiro atoms. The van der Waals surface area contributed by atoms with Crippen molar-refractivity contribution in [3.8, 4) is 10.6 Å². The third kappa shape index (κ3) is 2.26. The minimum atomic E-state index is -0.227. The van der Waals surface area contributed by atoms with E-state index in [4.69, 9.17) is 0 Å². The number of nitrogens with zero attached hydrogens (tertiary/aromatic N) is 1. The summed E-state index contributed by atoms with van der Waals surface area (Å²) in [5.74, 6) is -0.227. The van der Waals surface area contributed by atoms with Crippen LogP contribution in [0.15, 0.2) is 28.9 Å². The van der Waals surface area contributed by atoms with Gasteiger partial charge in [0.2, 0.25) is 0 Å². The van der Waals surface area contributed by atoms with Crippen LogP contribution in [-0.2, 0) is 6.42 Å². The summed E-state index contributed by atoms with van der Waals surface area (Å²) < 4.78 is 14.4. The summed E-state index contributed by atoms with van der Waals surface area (Å²) in [6.45, 7) is 2.06. The van der Waals surface area contributed by atoms with E-state index in [1.54, 1.807) is 18.3 Å². The molecule has 1 nitrogen and oxygen atoms in total. The molecular weight excluding hydrogens is 277 g/mol. The van der Waals surface area contributed by atoms with E-state index in [9.17, 15) is 4.39 Å². The summed E-state index contributed by atoms with van der Waals surface area (Å²) in [6, 6.07) is 4.90. The largest absolute Gasteiger partial charge is 0.244 e. The zero-order chi connectivity index (χ0) is 10.8. The molecule has 1 heterocycles. The molecule has 0 aliphatic rings. The molecule has 2 aromatic rings. The van der Waals surface area contributed by atoms with Crippen LogP contribution in [0.3, 0.4) is 0 Å². The Labute approximate surface area is 100 Å². The highest BCUT2D eigenvalue weighted by Gasteiger charge is 2.09. The van der Waals surface area contributed by atoms with Gasteiger partial charge in [0.05, 0.1) is 0 Å². The summed E-state index contributed by atoms with van der Waals surface area (Å²) in [5.41, 5.74) is 0.564. The summed E-state index contributed by atoms with van der Waals surface area (Å²) in [7, 11) is 0. The first kappa shape index (κ1) is 10.8. The van der Waals surface area contributed by atoms with Crippen LogP contribution in [0.25, 0.3) is 10.6 Å². The van der Waals surface area contributed by atoms with Gasteiger partial charge in [-0.3, -0.25) is 0 Å². The van der Waals surface area contributed by atoms with Crippen LogP contribution < -0.4 is 0 Å². The van der Waals surface area contributed by atoms with Crippen LogP contribution in [0.5, 0.6) is 0 Å². The third-order valence-corrected chi connectivity index (χ3v) is 3.73. The highest BCUT2D eigenvalue weighted by molar-refractivity contribution is 9.10. The van der Waals surface area contributed by atoms with Gasteiger partial charge >= 0.3 is 0 Å². The summed E-state index contributed by atoms with van der Waals surface area (Å²) >= 11 is 4.86. The fraction of sp³-hybridized carbons (Fsp3) is 0.182. The number of benzene rings is 1. The van der Waals surface area contributed by atoms with E-state index in [1.165, 1.54) is 22.3 Å². The average Bonchev–Trinajstić information content (AvgIpc) is 2.70. The fourth-order valence-corrected chi connectivity index (χ4v) is 2.49. The van der Waals surface area contributed by atoms with Crippen LogP contribution in [0.1, 0.15) is 11.8 Å². The number of halogens is 2. The fourth-order valence-electron chi connectivity index (χ4n) is 1.26. The van der Waals surface area contributed by atoms with E-state index >= 15 is 0 Å². The second kappa shape index (κ2) is 4.41. The second-order valence-electron chi connectivity index (χ2n) is 3.11. The Hall–Kier alpha value is -0.740. The van der Waals surface area contributed by atoms with Gasteiger partial charge < -0.3 is 0 Å². The van der Waals surface area contributed by atoms with E-state index < -0.39 is 0 Å². The van der Waals surface area contributed by atoms with Gasteiger partial charge in [0, 0.05) is 21.1 Å². The molecule has 4 heteroatoms. The maximum atomic E-state index is 13.5. The molecule has 0 amide bonds. The second-order valence-corrected chi connectivity index (χ2v) is 5.14. The standard InChI is InChI=1S/C11H9BrFNS/c1-2-8-6-14-11(15-8)9-5-7(12)3-4-10(9)13/h3-6H,2H2,1H3. The highest BCUT2D eigenvalue weighted by atomic mass is 79.9. The molecular formula is C11H9BrFNS. The number of hydrogen-bond acceptors (Lipinski definition) is 2. The van der Waals surface area contributed by atoms with E-state index in [0.717, 1.165) is 15.9 Å². The molecule has 0 saturated heterocycles. The molecule has 1 aromatic heterocycles. The van der Waals surface area contributed by atoms with Crippen LogP contribution >= 0.6 is 27.3 Å². The number of thiazole rings is 1. The van der Waals surface area contributed by atoms with Crippen LogP contribution in [-0.4, -0.2) is 4.98 Å². The predicted octanol–water partition coefficient (Wildman–Crippen LogP) is 4.27. The highest BCUT2D eigenvalue weighted by Crippen LogP contribution is 2.29. The number of aromatic nitrogens is 1. The van der Waals surface area contributed by atoms with Crippen molar-refractivity contribution >= 4 is 27.3 Å². The monoisotopic (exact) mass is 285 g/mol. The molecule has 15 heavy (non-hydrogen) atoms. The lowest BCUT2D eigenvalue weighted by atomic mass is 10.2. The van der Waals surface area contributed by atoms with Crippen molar-refractivity contribution in [2.24, 2.45) is 0 Å². The maximum absolute atomic E-state index is 13.5. The summed E-state index contributed by atoms with van der Waals surface area (Å²) in [6.07, 6.45) is 2.74. The number of hydrogen-bond donors (Lipinski definition) is 0. The first-order valence-corrected chi connectivity index (χ1v) is 6.21. The Balaban J connectivity index is 2.48. The van der Waals surface area contributed by atoms with Gasteiger partial charge in [0.15, 0.2) is 0 Å². The van der Waals surface area contributed by atoms with Gasteiger partial charge in [-0.05, 0) is 24.6 Å². The van der Waals surface area contributed by atoms with Gasteiger partial charge in [0.25, 0.3) is 0 Å². The van der Waals surface area contributed by atoms with Gasteiger partial charge in [0.1, 0.15) is 10.8 Å². The zero-order valence-corrected chi connectivity index (χ0v) is 10.5. The quantitative estimate of drug-likeness (QED) is 0.803. The topological polar surface area (TPSA) is 12.9 Å². The SMILES string of the molecule is CCc1cnc(-c2cc(Br)ccc2F)s1. The average molecular weight is 286 g/mol. The molecule has 0 fully saturated rings. The van der Waals surface area contributed by atoms with E-state index in [0.29, 0.717) is 5.56 Å². The normalized spacial score (nSPS) is 10.6. The number of rotatable bonds is 2. The molecule has 78 valence electrons. The molecule has 0 aliphatic carbocycles. The Kier molecular flexibility index (Phi) is 3.17. The number of aryl methyl sites for hydroxylation is 1. The van der Waals surface area contributed by atoms with Crippen molar-refractivity contribution in [2.75, 3.05) is 0 Å². The summed E-state index contributed by atoms with van der Waals surface area (Å²) in [4.78, 5) is 5.39. The Bertz CT molecular complexity index is 481. The lowest BCUT2D eigenvalue weighted by molar-refractivity contribution is 0.631. The lowest BCUT2D eigenvalue weighted by Gasteiger charge is -1.99. The van der Waals surface area contributed by atoms with Crippen molar-refractivity contribution in [3.63, 3.8) is 0 Å². The van der Waals surface area contributed by atoms with Crippen LogP contribution in [0, 0.1) is 5.82 Å². The molecule has 0 N–H and O–H groups in total. The van der Waals surface area contributed by atoms with Gasteiger partial charge in [-0.2, -0.15) is 0 Å². The Morgan fingerprint density at radius 3 is 2.93 bits per heavy atom. The van der Waals surface area contributed by atoms with Crippen molar-refractivity contribution in [1.29, 1.82) is 0 Å². The molecule has 0 saturated carbocycles. The van der Waals surface area contributed by atoms with Gasteiger partial charge in [-0.15, -0.1) is 11.3 Å². The van der Waals surface area contributed by atoms with Gasteiger partial charge in [-0.25, -0.2) is 9.37 Å². The molecule has 0 unspecified atom stereocenters. The van der Waals surface area contributed by atoms with Crippen LogP contribution in [0.2, 0.25) is 0 Å². The molecule has 0 bridgehead atoms. The minimum Gasteiger partial charge on any atom is -0.244 e. The zero-order valence-electron chi connectivity index (χ0n) is 8.13. The Morgan fingerprint density at radius 1 is 1.47 bits per heavy atom. The first-order chi connectivity index (χ1) is 7.20. The van der Waals surface area contributed by atoms with E-state index in [1.807, 2.05) is 0 Å². The molecule has 0 atom stereocenters. The summed E-state index contributed by atoms with van der Waals surface area (Å²) in [5, 5.41) is 0.741. The van der Waals surface area contributed by atoms with Crippen LogP contribution in [0.4, 0.5) is 4.39 Å². The minimum absolute atomic E-state index is 0.227. The van der Waals surface area contributed by atoms with Gasteiger partial charge in [-0.1, -0.05) is 22.9 Å². The predicted molar refractivity (Wildman–Crippen MR) is 64.6 cm³/mol.